The van der Waals surface area contributed by atoms with Gasteiger partial charge in [0.25, 0.3) is 5.91 Å². The summed E-state index contributed by atoms with van der Waals surface area (Å²) < 4.78 is 14.0. The molecule has 1 aromatic heterocycles. The minimum atomic E-state index is -0.839. The largest absolute Gasteiger partial charge is 0.332 e. The lowest BCUT2D eigenvalue weighted by atomic mass is 10.1. The van der Waals surface area contributed by atoms with Crippen LogP contribution in [0.5, 0.6) is 0 Å². The van der Waals surface area contributed by atoms with Gasteiger partial charge in [0.05, 0.1) is 10.8 Å². The van der Waals surface area contributed by atoms with Gasteiger partial charge in [-0.05, 0) is 53.5 Å². The third kappa shape index (κ3) is 3.10. The van der Waals surface area contributed by atoms with Gasteiger partial charge in [0.15, 0.2) is 5.69 Å². The molecule has 0 bridgehead atoms. The molecular formula is C17H27N3O2S. The Morgan fingerprint density at radius 2 is 1.96 bits per heavy atom. The van der Waals surface area contributed by atoms with Crippen LogP contribution in [0.25, 0.3) is 0 Å². The van der Waals surface area contributed by atoms with E-state index in [1.807, 2.05) is 29.5 Å². The zero-order valence-corrected chi connectivity index (χ0v) is 15.5. The maximum absolute atomic E-state index is 12.9. The smallest absolute Gasteiger partial charge is 0.274 e. The first-order chi connectivity index (χ1) is 10.7. The van der Waals surface area contributed by atoms with E-state index in [-0.39, 0.29) is 22.7 Å². The fourth-order valence-electron chi connectivity index (χ4n) is 3.19. The molecule has 1 aliphatic carbocycles. The van der Waals surface area contributed by atoms with Gasteiger partial charge in [-0.25, -0.2) is 0 Å². The van der Waals surface area contributed by atoms with Crippen molar-refractivity contribution in [3.63, 3.8) is 0 Å². The van der Waals surface area contributed by atoms with Crippen molar-refractivity contribution in [2.75, 3.05) is 12.3 Å². The van der Waals surface area contributed by atoms with Gasteiger partial charge >= 0.3 is 0 Å². The lowest BCUT2D eigenvalue weighted by Crippen LogP contribution is -2.52. The van der Waals surface area contributed by atoms with Gasteiger partial charge in [-0.15, -0.1) is 0 Å². The molecule has 3 rings (SSSR count). The van der Waals surface area contributed by atoms with Crippen LogP contribution in [0.4, 0.5) is 0 Å². The molecule has 23 heavy (non-hydrogen) atoms. The van der Waals surface area contributed by atoms with Gasteiger partial charge in [-0.2, -0.15) is 5.10 Å². The summed E-state index contributed by atoms with van der Waals surface area (Å²) in [6.07, 6.45) is 2.37. The van der Waals surface area contributed by atoms with E-state index in [2.05, 4.69) is 25.9 Å². The normalized spacial score (nSPS) is 28.9. The lowest BCUT2D eigenvalue weighted by molar-refractivity contribution is 0.0688. The lowest BCUT2D eigenvalue weighted by Gasteiger charge is -2.36. The number of amides is 1. The zero-order valence-electron chi connectivity index (χ0n) is 14.7. The first-order valence-electron chi connectivity index (χ1n) is 8.48. The predicted molar refractivity (Wildman–Crippen MR) is 92.2 cm³/mol. The van der Waals surface area contributed by atoms with E-state index in [0.717, 1.165) is 0 Å². The van der Waals surface area contributed by atoms with Gasteiger partial charge in [-0.3, -0.25) is 13.7 Å². The first-order valence-corrected chi connectivity index (χ1v) is 9.87. The average Bonchev–Trinajstić information content (AvgIpc) is 3.21. The van der Waals surface area contributed by atoms with E-state index in [9.17, 15) is 9.00 Å². The highest BCUT2D eigenvalue weighted by Crippen LogP contribution is 2.41. The molecule has 1 saturated carbocycles. The minimum Gasteiger partial charge on any atom is -0.332 e. The second-order valence-corrected chi connectivity index (χ2v) is 9.75. The quantitative estimate of drug-likeness (QED) is 0.833. The Hall–Kier alpha value is -1.17. The summed E-state index contributed by atoms with van der Waals surface area (Å²) in [7, 11) is -0.839. The Labute approximate surface area is 140 Å². The number of carbonyl (C=O) groups excluding carboxylic acids is 1. The molecule has 2 heterocycles. The van der Waals surface area contributed by atoms with Gasteiger partial charge in [0.1, 0.15) is 0 Å². The number of hydrogen-bond acceptors (Lipinski definition) is 3. The molecule has 2 aliphatic rings. The third-order valence-electron chi connectivity index (χ3n) is 4.97. The van der Waals surface area contributed by atoms with E-state index in [4.69, 9.17) is 0 Å². The molecular weight excluding hydrogens is 310 g/mol. The number of rotatable bonds is 2. The summed E-state index contributed by atoms with van der Waals surface area (Å²) in [4.78, 5) is 14.8. The Morgan fingerprint density at radius 1 is 1.30 bits per heavy atom. The molecule has 1 amide bonds. The molecule has 1 saturated heterocycles. The molecule has 3 atom stereocenters. The van der Waals surface area contributed by atoms with Crippen molar-refractivity contribution >= 4 is 16.7 Å². The molecule has 0 radical (unpaired) electrons. The highest BCUT2D eigenvalue weighted by Gasteiger charge is 2.37. The molecule has 0 unspecified atom stereocenters. The van der Waals surface area contributed by atoms with Crippen LogP contribution >= 0.6 is 0 Å². The monoisotopic (exact) mass is 337 g/mol. The van der Waals surface area contributed by atoms with E-state index >= 15 is 0 Å². The second-order valence-electron chi connectivity index (χ2n) is 7.84. The fraction of sp³-hybridized carbons (Fsp3) is 0.765. The molecule has 6 heteroatoms. The van der Waals surface area contributed by atoms with Crippen LogP contribution in [0.2, 0.25) is 0 Å². The topological polar surface area (TPSA) is 55.2 Å². The van der Waals surface area contributed by atoms with Crippen molar-refractivity contribution in [2.24, 2.45) is 0 Å². The molecule has 128 valence electrons. The van der Waals surface area contributed by atoms with E-state index < -0.39 is 10.8 Å². The SMILES string of the molecule is C[C@@H]1[C@@H](C)[S@](=O)CCN1C(=O)c1cc(C2CC2)n(C(C)(C)C)n1. The Balaban J connectivity index is 1.89. The van der Waals surface area contributed by atoms with Crippen LogP contribution < -0.4 is 0 Å². The van der Waals surface area contributed by atoms with Crippen LogP contribution in [0.3, 0.4) is 0 Å². The number of aromatic nitrogens is 2. The summed E-state index contributed by atoms with van der Waals surface area (Å²) >= 11 is 0. The molecule has 0 N–H and O–H groups in total. The Morgan fingerprint density at radius 3 is 2.52 bits per heavy atom. The van der Waals surface area contributed by atoms with Crippen LogP contribution in [-0.4, -0.2) is 48.4 Å². The first kappa shape index (κ1) is 16.7. The molecule has 5 nitrogen and oxygen atoms in total. The predicted octanol–water partition coefficient (Wildman–Crippen LogP) is 2.50. The number of hydrogen-bond donors (Lipinski definition) is 0. The maximum atomic E-state index is 12.9. The van der Waals surface area contributed by atoms with Crippen LogP contribution in [0.1, 0.15) is 69.6 Å². The maximum Gasteiger partial charge on any atom is 0.274 e. The van der Waals surface area contributed by atoms with Gasteiger partial charge in [-0.1, -0.05) is 0 Å². The molecule has 1 aliphatic heterocycles. The van der Waals surface area contributed by atoms with Gasteiger partial charge < -0.3 is 4.90 Å². The summed E-state index contributed by atoms with van der Waals surface area (Å²) in [5, 5.41) is 4.66. The van der Waals surface area contributed by atoms with Gasteiger partial charge in [0.2, 0.25) is 0 Å². The molecule has 2 fully saturated rings. The van der Waals surface area contributed by atoms with E-state index in [0.29, 0.717) is 23.9 Å². The average molecular weight is 337 g/mol. The standard InChI is InChI=1S/C17H27N3O2S/c1-11-12(2)23(22)9-8-19(11)16(21)14-10-15(13-6-7-13)20(18-14)17(3,4)5/h10-13H,6-9H2,1-5H3/t11-,12-,23-/m1/s1. The summed E-state index contributed by atoms with van der Waals surface area (Å²) in [6.45, 7) is 10.9. The van der Waals surface area contributed by atoms with Crippen LogP contribution in [0, 0.1) is 0 Å². The Kier molecular flexibility index (Phi) is 4.15. The van der Waals surface area contributed by atoms with Crippen molar-refractivity contribution < 1.29 is 9.00 Å². The van der Waals surface area contributed by atoms with Crippen molar-refractivity contribution in [2.45, 2.75) is 70.2 Å². The number of nitrogens with zero attached hydrogens (tertiary/aromatic N) is 3. The summed E-state index contributed by atoms with van der Waals surface area (Å²) in [5.41, 5.74) is 1.59. The number of carbonyl (C=O) groups is 1. The second kappa shape index (κ2) is 5.72. The van der Waals surface area contributed by atoms with Crippen LogP contribution in [0.15, 0.2) is 6.07 Å². The van der Waals surface area contributed by atoms with Gasteiger partial charge in [0, 0.05) is 40.8 Å². The molecule has 0 spiro atoms. The zero-order chi connectivity index (χ0) is 16.9. The summed E-state index contributed by atoms with van der Waals surface area (Å²) in [6, 6.07) is 1.97. The molecule has 0 aromatic carbocycles. The van der Waals surface area contributed by atoms with E-state index in [1.54, 1.807) is 0 Å². The third-order valence-corrected chi connectivity index (χ3v) is 6.78. The minimum absolute atomic E-state index is 0.0127. The highest BCUT2D eigenvalue weighted by molar-refractivity contribution is 7.85. The fourth-order valence-corrected chi connectivity index (χ4v) is 4.53. The summed E-state index contributed by atoms with van der Waals surface area (Å²) in [5.74, 6) is 1.09. The van der Waals surface area contributed by atoms with E-state index in [1.165, 1.54) is 18.5 Å². The van der Waals surface area contributed by atoms with Crippen molar-refractivity contribution in [1.82, 2.24) is 14.7 Å². The molecule has 1 aromatic rings. The van der Waals surface area contributed by atoms with Crippen molar-refractivity contribution in [3.05, 3.63) is 17.5 Å². The van der Waals surface area contributed by atoms with Crippen LogP contribution in [-0.2, 0) is 16.3 Å². The highest BCUT2D eigenvalue weighted by atomic mass is 32.2. The Bertz CT molecular complexity index is 643. The van der Waals surface area contributed by atoms with Crippen molar-refractivity contribution in [1.29, 1.82) is 0 Å². The van der Waals surface area contributed by atoms with Crippen molar-refractivity contribution in [3.8, 4) is 0 Å².